The third-order valence-electron chi connectivity index (χ3n) is 3.71. The van der Waals surface area contributed by atoms with Crippen molar-refractivity contribution in [2.75, 3.05) is 0 Å². The number of aryl methyl sites for hydroxylation is 2. The Balaban J connectivity index is 1.63. The zero-order valence-electron chi connectivity index (χ0n) is 13.7. The maximum atomic E-state index is 12.2. The van der Waals surface area contributed by atoms with Crippen LogP contribution in [0.15, 0.2) is 48.8 Å². The van der Waals surface area contributed by atoms with Crippen molar-refractivity contribution in [1.82, 2.24) is 15.3 Å². The molecule has 0 saturated heterocycles. The zero-order valence-corrected chi connectivity index (χ0v) is 14.6. The number of nitrogens with one attached hydrogen (secondary N) is 1. The number of carbonyl (C=O) groups is 1. The fraction of sp³-hybridized carbons (Fsp3) is 0.211. The molecular formula is C19H19N3OS. The lowest BCUT2D eigenvalue weighted by Crippen LogP contribution is -2.24. The van der Waals surface area contributed by atoms with Crippen molar-refractivity contribution in [2.45, 2.75) is 26.8 Å². The first kappa shape index (κ1) is 16.3. The number of aromatic nitrogens is 2. The predicted octanol–water partition coefficient (Wildman–Crippen LogP) is 3.68. The van der Waals surface area contributed by atoms with Crippen LogP contribution in [0.3, 0.4) is 0 Å². The number of hydrogen-bond acceptors (Lipinski definition) is 4. The molecule has 5 heteroatoms. The summed E-state index contributed by atoms with van der Waals surface area (Å²) < 4.78 is 0. The summed E-state index contributed by atoms with van der Waals surface area (Å²) in [6.45, 7) is 4.55. The average molecular weight is 337 g/mol. The van der Waals surface area contributed by atoms with Crippen molar-refractivity contribution < 1.29 is 4.79 Å². The average Bonchev–Trinajstić information content (AvgIpc) is 2.95. The van der Waals surface area contributed by atoms with Crippen molar-refractivity contribution in [3.8, 4) is 10.6 Å². The molecule has 4 nitrogen and oxygen atoms in total. The van der Waals surface area contributed by atoms with Gasteiger partial charge < -0.3 is 5.32 Å². The molecule has 24 heavy (non-hydrogen) atoms. The summed E-state index contributed by atoms with van der Waals surface area (Å²) in [7, 11) is 0. The highest BCUT2D eigenvalue weighted by Gasteiger charge is 2.12. The molecule has 0 bridgehead atoms. The molecule has 0 unspecified atom stereocenters. The Morgan fingerprint density at radius 3 is 2.71 bits per heavy atom. The van der Waals surface area contributed by atoms with E-state index in [4.69, 9.17) is 0 Å². The lowest BCUT2D eigenvalue weighted by atomic mass is 10.1. The summed E-state index contributed by atoms with van der Waals surface area (Å²) in [6.07, 6.45) is 3.86. The first-order valence-electron chi connectivity index (χ1n) is 7.81. The van der Waals surface area contributed by atoms with Crippen LogP contribution in [0.4, 0.5) is 0 Å². The summed E-state index contributed by atoms with van der Waals surface area (Å²) in [5.41, 5.74) is 4.26. The van der Waals surface area contributed by atoms with Crippen LogP contribution in [0.1, 0.15) is 21.7 Å². The van der Waals surface area contributed by atoms with Gasteiger partial charge in [-0.3, -0.25) is 9.78 Å². The van der Waals surface area contributed by atoms with Crippen molar-refractivity contribution in [3.63, 3.8) is 0 Å². The van der Waals surface area contributed by atoms with Crippen LogP contribution >= 0.6 is 11.3 Å². The topological polar surface area (TPSA) is 54.9 Å². The highest BCUT2D eigenvalue weighted by molar-refractivity contribution is 7.15. The Hall–Kier alpha value is -2.53. The van der Waals surface area contributed by atoms with Gasteiger partial charge in [0.1, 0.15) is 5.01 Å². The van der Waals surface area contributed by atoms with E-state index in [1.807, 2.05) is 44.2 Å². The van der Waals surface area contributed by atoms with Gasteiger partial charge in [0.15, 0.2) is 0 Å². The number of rotatable bonds is 5. The van der Waals surface area contributed by atoms with Crippen LogP contribution in [0.25, 0.3) is 10.6 Å². The van der Waals surface area contributed by atoms with Crippen molar-refractivity contribution in [3.05, 3.63) is 70.5 Å². The van der Waals surface area contributed by atoms with Gasteiger partial charge in [0.25, 0.3) is 0 Å². The standard InChI is InChI=1S/C19H19N3OS/c1-13-4-3-5-15(10-13)12-21-18(23)11-17-14(2)22-19(24-17)16-6-8-20-9-7-16/h3-10H,11-12H2,1-2H3,(H,21,23). The SMILES string of the molecule is Cc1cccc(CNC(=O)Cc2sc(-c3ccncc3)nc2C)c1. The second kappa shape index (κ2) is 7.36. The molecular weight excluding hydrogens is 318 g/mol. The fourth-order valence-electron chi connectivity index (χ4n) is 2.44. The van der Waals surface area contributed by atoms with Crippen LogP contribution in [-0.4, -0.2) is 15.9 Å². The highest BCUT2D eigenvalue weighted by atomic mass is 32.1. The van der Waals surface area contributed by atoms with Gasteiger partial charge in [0.05, 0.1) is 12.1 Å². The Morgan fingerprint density at radius 2 is 1.96 bits per heavy atom. The first-order chi connectivity index (χ1) is 11.6. The lowest BCUT2D eigenvalue weighted by molar-refractivity contribution is -0.120. The maximum absolute atomic E-state index is 12.2. The quantitative estimate of drug-likeness (QED) is 0.773. The number of thiazole rings is 1. The molecule has 0 spiro atoms. The summed E-state index contributed by atoms with van der Waals surface area (Å²) in [6, 6.07) is 12.0. The predicted molar refractivity (Wildman–Crippen MR) is 96.8 cm³/mol. The molecule has 0 aliphatic carbocycles. The molecule has 122 valence electrons. The minimum absolute atomic E-state index is 0.0181. The molecule has 0 radical (unpaired) electrons. The fourth-order valence-corrected chi connectivity index (χ4v) is 3.51. The first-order valence-corrected chi connectivity index (χ1v) is 8.62. The molecule has 0 aliphatic heterocycles. The smallest absolute Gasteiger partial charge is 0.225 e. The van der Waals surface area contributed by atoms with E-state index in [1.54, 1.807) is 23.7 Å². The van der Waals surface area contributed by atoms with E-state index in [0.29, 0.717) is 13.0 Å². The van der Waals surface area contributed by atoms with Crippen molar-refractivity contribution >= 4 is 17.2 Å². The minimum Gasteiger partial charge on any atom is -0.352 e. The Kier molecular flexibility index (Phi) is 5.01. The van der Waals surface area contributed by atoms with E-state index < -0.39 is 0 Å². The number of carbonyl (C=O) groups excluding carboxylic acids is 1. The third kappa shape index (κ3) is 4.06. The van der Waals surface area contributed by atoms with Gasteiger partial charge in [-0.2, -0.15) is 0 Å². The molecule has 2 heterocycles. The van der Waals surface area contributed by atoms with Gasteiger partial charge in [-0.25, -0.2) is 4.98 Å². The normalized spacial score (nSPS) is 10.6. The van der Waals surface area contributed by atoms with Gasteiger partial charge in [-0.1, -0.05) is 29.8 Å². The molecule has 0 atom stereocenters. The molecule has 3 rings (SSSR count). The third-order valence-corrected chi connectivity index (χ3v) is 4.92. The van der Waals surface area contributed by atoms with E-state index >= 15 is 0 Å². The molecule has 2 aromatic heterocycles. The molecule has 0 saturated carbocycles. The minimum atomic E-state index is 0.0181. The number of hydrogen-bond donors (Lipinski definition) is 1. The Labute approximate surface area is 145 Å². The van der Waals surface area contributed by atoms with Gasteiger partial charge >= 0.3 is 0 Å². The summed E-state index contributed by atoms with van der Waals surface area (Å²) in [4.78, 5) is 21.8. The van der Waals surface area contributed by atoms with E-state index in [2.05, 4.69) is 21.4 Å². The van der Waals surface area contributed by atoms with Gasteiger partial charge in [0, 0.05) is 29.4 Å². The number of benzene rings is 1. The second-order valence-electron chi connectivity index (χ2n) is 5.71. The Bertz CT molecular complexity index is 843. The van der Waals surface area contributed by atoms with E-state index in [1.165, 1.54) is 5.56 Å². The molecule has 0 aliphatic rings. The van der Waals surface area contributed by atoms with Crippen LogP contribution in [0.2, 0.25) is 0 Å². The molecule has 1 aromatic carbocycles. The van der Waals surface area contributed by atoms with Gasteiger partial charge in [-0.05, 0) is 31.5 Å². The Morgan fingerprint density at radius 1 is 1.17 bits per heavy atom. The summed E-state index contributed by atoms with van der Waals surface area (Å²) in [5, 5.41) is 3.91. The van der Waals surface area contributed by atoms with Crippen LogP contribution in [0.5, 0.6) is 0 Å². The number of pyridine rings is 1. The van der Waals surface area contributed by atoms with Gasteiger partial charge in [-0.15, -0.1) is 11.3 Å². The van der Waals surface area contributed by atoms with Crippen LogP contribution in [-0.2, 0) is 17.8 Å². The molecule has 1 N–H and O–H groups in total. The van der Waals surface area contributed by atoms with Crippen LogP contribution in [0, 0.1) is 13.8 Å². The zero-order chi connectivity index (χ0) is 16.9. The second-order valence-corrected chi connectivity index (χ2v) is 6.79. The number of nitrogens with zero attached hydrogens (tertiary/aromatic N) is 2. The molecule has 0 fully saturated rings. The maximum Gasteiger partial charge on any atom is 0.225 e. The van der Waals surface area contributed by atoms with Crippen molar-refractivity contribution in [2.24, 2.45) is 0 Å². The summed E-state index contributed by atoms with van der Waals surface area (Å²) >= 11 is 1.57. The van der Waals surface area contributed by atoms with E-state index in [0.717, 1.165) is 26.7 Å². The lowest BCUT2D eigenvalue weighted by Gasteiger charge is -2.05. The molecule has 1 amide bonds. The number of amides is 1. The van der Waals surface area contributed by atoms with E-state index in [9.17, 15) is 4.79 Å². The van der Waals surface area contributed by atoms with Crippen LogP contribution < -0.4 is 5.32 Å². The monoisotopic (exact) mass is 337 g/mol. The molecule has 3 aromatic rings. The van der Waals surface area contributed by atoms with Crippen molar-refractivity contribution in [1.29, 1.82) is 0 Å². The van der Waals surface area contributed by atoms with Gasteiger partial charge in [0.2, 0.25) is 5.91 Å². The highest BCUT2D eigenvalue weighted by Crippen LogP contribution is 2.27. The van der Waals surface area contributed by atoms with E-state index in [-0.39, 0.29) is 5.91 Å². The summed E-state index contributed by atoms with van der Waals surface area (Å²) in [5.74, 6) is 0.0181. The largest absolute Gasteiger partial charge is 0.352 e.